The second kappa shape index (κ2) is 8.19. The van der Waals surface area contributed by atoms with E-state index in [-0.39, 0.29) is 11.3 Å². The molecule has 25 heavy (non-hydrogen) atoms. The van der Waals surface area contributed by atoms with Gasteiger partial charge in [0.25, 0.3) is 5.91 Å². The summed E-state index contributed by atoms with van der Waals surface area (Å²) in [6.07, 6.45) is 3.13. The molecule has 0 aromatic heterocycles. The lowest BCUT2D eigenvalue weighted by molar-refractivity contribution is -0.0912. The van der Waals surface area contributed by atoms with Crippen molar-refractivity contribution in [3.05, 3.63) is 29.8 Å². The zero-order valence-electron chi connectivity index (χ0n) is 15.3. The van der Waals surface area contributed by atoms with Crippen molar-refractivity contribution in [2.75, 3.05) is 46.6 Å². The summed E-state index contributed by atoms with van der Waals surface area (Å²) in [7, 11) is 1.76. The molecular formula is C20H29NO4. The maximum atomic E-state index is 12.9. The molecule has 0 radical (unpaired) electrons. The first-order chi connectivity index (χ1) is 12.2. The third-order valence-electron chi connectivity index (χ3n) is 5.74. The molecule has 5 heteroatoms. The molecule has 2 heterocycles. The highest BCUT2D eigenvalue weighted by molar-refractivity contribution is 5.94. The van der Waals surface area contributed by atoms with Crippen molar-refractivity contribution >= 4 is 5.91 Å². The fraction of sp³-hybridized carbons (Fsp3) is 0.650. The average molecular weight is 347 g/mol. The summed E-state index contributed by atoms with van der Waals surface area (Å²) in [5.41, 5.74) is 0.973. The lowest BCUT2D eigenvalue weighted by Gasteiger charge is -2.48. The van der Waals surface area contributed by atoms with Gasteiger partial charge in [0.15, 0.2) is 0 Å². The molecule has 3 rings (SSSR count). The first-order valence-corrected chi connectivity index (χ1v) is 9.27. The van der Waals surface area contributed by atoms with Gasteiger partial charge in [-0.05, 0) is 49.8 Å². The van der Waals surface area contributed by atoms with Crippen LogP contribution in [0.3, 0.4) is 0 Å². The van der Waals surface area contributed by atoms with Crippen LogP contribution in [-0.4, -0.2) is 57.4 Å². The Bertz CT molecular complexity index is 579. The molecule has 1 aromatic carbocycles. The molecule has 2 fully saturated rings. The van der Waals surface area contributed by atoms with Crippen LogP contribution in [0.5, 0.6) is 5.75 Å². The fourth-order valence-electron chi connectivity index (χ4n) is 4.19. The van der Waals surface area contributed by atoms with Crippen LogP contribution in [0.1, 0.15) is 36.5 Å². The maximum absolute atomic E-state index is 12.9. The van der Waals surface area contributed by atoms with E-state index in [0.717, 1.165) is 57.9 Å². The summed E-state index contributed by atoms with van der Waals surface area (Å²) in [5.74, 6) is 1.29. The lowest BCUT2D eigenvalue weighted by atomic mass is 9.66. The quantitative estimate of drug-likeness (QED) is 0.822. The minimum absolute atomic E-state index is 0.103. The number of benzene rings is 1. The largest absolute Gasteiger partial charge is 0.494 e. The Hall–Kier alpha value is -1.59. The number of rotatable bonds is 5. The third kappa shape index (κ3) is 3.98. The van der Waals surface area contributed by atoms with Crippen molar-refractivity contribution in [1.82, 2.24) is 4.90 Å². The van der Waals surface area contributed by atoms with Gasteiger partial charge >= 0.3 is 0 Å². The lowest BCUT2D eigenvalue weighted by Crippen LogP contribution is -2.50. The van der Waals surface area contributed by atoms with E-state index in [1.54, 1.807) is 7.11 Å². The van der Waals surface area contributed by atoms with E-state index in [2.05, 4.69) is 0 Å². The Morgan fingerprint density at radius 2 is 2.12 bits per heavy atom. The van der Waals surface area contributed by atoms with Gasteiger partial charge in [0.05, 0.1) is 19.8 Å². The number of carbonyl (C=O) groups excluding carboxylic acids is 1. The number of amides is 1. The molecular weight excluding hydrogens is 318 g/mol. The minimum Gasteiger partial charge on any atom is -0.494 e. The van der Waals surface area contributed by atoms with E-state index in [0.29, 0.717) is 18.1 Å². The normalized spacial score (nSPS) is 22.8. The van der Waals surface area contributed by atoms with Gasteiger partial charge in [-0.15, -0.1) is 0 Å². The van der Waals surface area contributed by atoms with Crippen LogP contribution in [0.25, 0.3) is 0 Å². The van der Waals surface area contributed by atoms with Gasteiger partial charge in [0, 0.05) is 38.3 Å². The number of methoxy groups -OCH3 is 1. The van der Waals surface area contributed by atoms with Crippen LogP contribution in [0.15, 0.2) is 24.3 Å². The molecule has 2 aliphatic rings. The van der Waals surface area contributed by atoms with Gasteiger partial charge < -0.3 is 19.1 Å². The molecule has 0 bridgehead atoms. The molecule has 5 nitrogen and oxygen atoms in total. The van der Waals surface area contributed by atoms with Crippen molar-refractivity contribution in [2.24, 2.45) is 11.3 Å². The molecule has 2 aliphatic heterocycles. The molecule has 0 N–H and O–H groups in total. The molecule has 1 spiro atoms. The number of ether oxygens (including phenoxy) is 3. The number of nitrogens with zero attached hydrogens (tertiary/aromatic N) is 1. The highest BCUT2D eigenvalue weighted by Crippen LogP contribution is 2.45. The second-order valence-corrected chi connectivity index (χ2v) is 7.09. The van der Waals surface area contributed by atoms with E-state index >= 15 is 0 Å². The van der Waals surface area contributed by atoms with Gasteiger partial charge in [-0.2, -0.15) is 0 Å². The molecule has 0 unspecified atom stereocenters. The van der Waals surface area contributed by atoms with Crippen LogP contribution in [-0.2, 0) is 9.47 Å². The van der Waals surface area contributed by atoms with Crippen LogP contribution >= 0.6 is 0 Å². The highest BCUT2D eigenvalue weighted by atomic mass is 16.5. The number of carbonyl (C=O) groups is 1. The smallest absolute Gasteiger partial charge is 0.253 e. The summed E-state index contributed by atoms with van der Waals surface area (Å²) < 4.78 is 16.6. The van der Waals surface area contributed by atoms with E-state index < -0.39 is 0 Å². The molecule has 1 atom stereocenters. The topological polar surface area (TPSA) is 48.0 Å². The fourth-order valence-corrected chi connectivity index (χ4v) is 4.19. The van der Waals surface area contributed by atoms with E-state index in [9.17, 15) is 4.79 Å². The first-order valence-electron chi connectivity index (χ1n) is 9.27. The van der Waals surface area contributed by atoms with Crippen LogP contribution in [0.4, 0.5) is 0 Å². The Labute approximate surface area is 150 Å². The van der Waals surface area contributed by atoms with Crippen molar-refractivity contribution in [3.8, 4) is 5.75 Å². The Balaban J connectivity index is 1.65. The third-order valence-corrected chi connectivity index (χ3v) is 5.74. The second-order valence-electron chi connectivity index (χ2n) is 7.09. The summed E-state index contributed by atoms with van der Waals surface area (Å²) in [6.45, 7) is 6.50. The van der Waals surface area contributed by atoms with Crippen molar-refractivity contribution in [3.63, 3.8) is 0 Å². The standard InChI is InChI=1S/C20H29NO4/c1-3-25-18-6-4-5-16(13-18)19(22)21-10-7-20(8-11-21)9-12-24-15-17(20)14-23-2/h4-6,13,17H,3,7-12,14-15H2,1-2H3/t17-/m0/s1. The zero-order valence-corrected chi connectivity index (χ0v) is 15.3. The van der Waals surface area contributed by atoms with Crippen LogP contribution in [0, 0.1) is 11.3 Å². The Morgan fingerprint density at radius 1 is 1.32 bits per heavy atom. The number of hydrogen-bond acceptors (Lipinski definition) is 4. The molecule has 1 aromatic rings. The SMILES string of the molecule is CCOc1cccc(C(=O)N2CCC3(CCOC[C@@H]3COC)CC2)c1. The number of hydrogen-bond donors (Lipinski definition) is 0. The highest BCUT2D eigenvalue weighted by Gasteiger charge is 2.44. The average Bonchev–Trinajstić information content (AvgIpc) is 2.65. The van der Waals surface area contributed by atoms with E-state index in [1.807, 2.05) is 36.1 Å². The molecule has 0 aliphatic carbocycles. The number of likely N-dealkylation sites (tertiary alicyclic amines) is 1. The molecule has 138 valence electrons. The van der Waals surface area contributed by atoms with Gasteiger partial charge in [0.2, 0.25) is 0 Å². The summed E-state index contributed by atoms with van der Waals surface area (Å²) >= 11 is 0. The van der Waals surface area contributed by atoms with Crippen molar-refractivity contribution < 1.29 is 19.0 Å². The van der Waals surface area contributed by atoms with Crippen LogP contribution in [0.2, 0.25) is 0 Å². The predicted octanol–water partition coefficient (Wildman–Crippen LogP) is 2.99. The summed E-state index contributed by atoms with van der Waals surface area (Å²) in [4.78, 5) is 14.8. The Kier molecular flexibility index (Phi) is 5.97. The molecule has 0 saturated carbocycles. The Morgan fingerprint density at radius 3 is 2.84 bits per heavy atom. The molecule has 2 saturated heterocycles. The molecule has 1 amide bonds. The van der Waals surface area contributed by atoms with E-state index in [1.165, 1.54) is 0 Å². The van der Waals surface area contributed by atoms with Gasteiger partial charge in [-0.25, -0.2) is 0 Å². The first kappa shape index (κ1) is 18.2. The van der Waals surface area contributed by atoms with E-state index in [4.69, 9.17) is 14.2 Å². The van der Waals surface area contributed by atoms with Gasteiger partial charge in [-0.3, -0.25) is 4.79 Å². The monoisotopic (exact) mass is 347 g/mol. The maximum Gasteiger partial charge on any atom is 0.253 e. The van der Waals surface area contributed by atoms with Crippen LogP contribution < -0.4 is 4.74 Å². The summed E-state index contributed by atoms with van der Waals surface area (Å²) in [6, 6.07) is 7.50. The van der Waals surface area contributed by atoms with Gasteiger partial charge in [-0.1, -0.05) is 6.07 Å². The predicted molar refractivity (Wildman–Crippen MR) is 96.0 cm³/mol. The zero-order chi connectivity index (χ0) is 17.7. The van der Waals surface area contributed by atoms with Crippen molar-refractivity contribution in [2.45, 2.75) is 26.2 Å². The summed E-state index contributed by atoms with van der Waals surface area (Å²) in [5, 5.41) is 0. The minimum atomic E-state index is 0.103. The van der Waals surface area contributed by atoms with Gasteiger partial charge in [0.1, 0.15) is 5.75 Å². The van der Waals surface area contributed by atoms with Crippen molar-refractivity contribution in [1.29, 1.82) is 0 Å². The number of piperidine rings is 1.